The number of unbranched alkanes of at least 4 members (excludes halogenated alkanes) is 12. The van der Waals surface area contributed by atoms with Gasteiger partial charge in [-0.1, -0.05) is 78.1 Å². The molecule has 0 aromatic heterocycles. The van der Waals surface area contributed by atoms with Crippen LogP contribution in [0.4, 0.5) is 0 Å². The van der Waals surface area contributed by atoms with Crippen molar-refractivity contribution in [2.45, 2.75) is 117 Å². The topological polar surface area (TPSA) is 82.9 Å². The predicted molar refractivity (Wildman–Crippen MR) is 118 cm³/mol. The number of amides is 2. The van der Waals surface area contributed by atoms with Gasteiger partial charge in [-0.25, -0.2) is 10.9 Å². The van der Waals surface area contributed by atoms with Crippen LogP contribution in [0, 0.1) is 0 Å². The average molecular weight is 395 g/mol. The van der Waals surface area contributed by atoms with Crippen molar-refractivity contribution in [3.05, 3.63) is 0 Å². The van der Waals surface area contributed by atoms with E-state index in [4.69, 9.17) is 0 Å². The minimum Gasteiger partial charge on any atom is -0.273 e. The van der Waals surface area contributed by atoms with Gasteiger partial charge in [0.15, 0.2) is 0 Å². The van der Waals surface area contributed by atoms with E-state index in [1.165, 1.54) is 64.2 Å². The second-order valence-electron chi connectivity index (χ2n) is 7.31. The van der Waals surface area contributed by atoms with Crippen LogP contribution in [-0.4, -0.2) is 24.2 Å². The lowest BCUT2D eigenvalue weighted by Crippen LogP contribution is -2.22. The van der Waals surface area contributed by atoms with E-state index >= 15 is 0 Å². The maximum atomic E-state index is 11.6. The summed E-state index contributed by atoms with van der Waals surface area (Å²) in [6, 6.07) is 0. The molecular formula is C22H42N4O2. The Hall–Kier alpha value is -1.72. The predicted octanol–water partition coefficient (Wildman–Crippen LogP) is 5.47. The molecule has 0 atom stereocenters. The Balaban J connectivity index is 3.51. The van der Waals surface area contributed by atoms with Gasteiger partial charge in [-0.3, -0.25) is 9.59 Å². The summed E-state index contributed by atoms with van der Waals surface area (Å²) in [5.41, 5.74) is 4.93. The molecule has 0 unspecified atom stereocenters. The van der Waals surface area contributed by atoms with Crippen molar-refractivity contribution >= 4 is 24.2 Å². The molecule has 0 radical (unpaired) electrons. The lowest BCUT2D eigenvalue weighted by atomic mass is 10.1. The van der Waals surface area contributed by atoms with Gasteiger partial charge >= 0.3 is 0 Å². The number of carbonyl (C=O) groups excluding carboxylic acids is 2. The standard InChI is InChI=1S/C22H42N4O2/c1-3-5-7-9-11-13-15-19-23-25-21(27)17-18-22(28)26-24-20-16-14-12-10-8-6-4-2/h19-20H,3-18H2,1-2H3,(H,25,27)(H,26,28)/b23-19+,24-20+. The fraction of sp³-hybridized carbons (Fsp3) is 0.818. The van der Waals surface area contributed by atoms with Gasteiger partial charge in [-0.2, -0.15) is 10.2 Å². The van der Waals surface area contributed by atoms with Crippen molar-refractivity contribution in [3.8, 4) is 0 Å². The maximum Gasteiger partial charge on any atom is 0.240 e. The molecule has 0 saturated carbocycles. The van der Waals surface area contributed by atoms with Crippen molar-refractivity contribution < 1.29 is 9.59 Å². The number of nitrogens with one attached hydrogen (secondary N) is 2. The number of hydrogen-bond donors (Lipinski definition) is 2. The summed E-state index contributed by atoms with van der Waals surface area (Å²) in [6.07, 6.45) is 20.4. The number of hydrogen-bond acceptors (Lipinski definition) is 4. The third-order valence-corrected chi connectivity index (χ3v) is 4.51. The second-order valence-corrected chi connectivity index (χ2v) is 7.31. The van der Waals surface area contributed by atoms with Crippen LogP contribution >= 0.6 is 0 Å². The number of nitrogens with zero attached hydrogens (tertiary/aromatic N) is 2. The molecule has 2 N–H and O–H groups in total. The van der Waals surface area contributed by atoms with Crippen LogP contribution in [0.1, 0.15) is 117 Å². The Kier molecular flexibility index (Phi) is 20.3. The molecule has 2 amide bonds. The maximum absolute atomic E-state index is 11.6. The van der Waals surface area contributed by atoms with Crippen molar-refractivity contribution in [2.75, 3.05) is 0 Å². The zero-order valence-electron chi connectivity index (χ0n) is 18.2. The Bertz CT molecular complexity index is 396. The summed E-state index contributed by atoms with van der Waals surface area (Å²) >= 11 is 0. The molecule has 0 bridgehead atoms. The third-order valence-electron chi connectivity index (χ3n) is 4.51. The molecule has 162 valence electrons. The van der Waals surface area contributed by atoms with Crippen LogP contribution in [0.3, 0.4) is 0 Å². The van der Waals surface area contributed by atoms with Gasteiger partial charge in [0.1, 0.15) is 0 Å². The van der Waals surface area contributed by atoms with E-state index in [1.807, 2.05) is 0 Å². The molecule has 0 aliphatic carbocycles. The first-order valence-corrected chi connectivity index (χ1v) is 11.3. The second kappa shape index (κ2) is 21.6. The highest BCUT2D eigenvalue weighted by Crippen LogP contribution is 2.06. The third kappa shape index (κ3) is 20.6. The van der Waals surface area contributed by atoms with E-state index in [-0.39, 0.29) is 24.7 Å². The largest absolute Gasteiger partial charge is 0.273 e. The van der Waals surface area contributed by atoms with Crippen LogP contribution < -0.4 is 10.9 Å². The fourth-order valence-corrected chi connectivity index (χ4v) is 2.74. The highest BCUT2D eigenvalue weighted by molar-refractivity contribution is 5.84. The first kappa shape index (κ1) is 26.3. The normalized spacial score (nSPS) is 11.4. The van der Waals surface area contributed by atoms with Gasteiger partial charge in [0, 0.05) is 25.3 Å². The molecule has 0 aromatic carbocycles. The minimum absolute atomic E-state index is 0.118. The van der Waals surface area contributed by atoms with Gasteiger partial charge in [0.25, 0.3) is 0 Å². The van der Waals surface area contributed by atoms with Crippen molar-refractivity contribution in [2.24, 2.45) is 10.2 Å². The van der Waals surface area contributed by atoms with Crippen molar-refractivity contribution in [3.63, 3.8) is 0 Å². The Morgan fingerprint density at radius 3 is 1.36 bits per heavy atom. The SMILES string of the molecule is CCCCCCCC/C=N/NC(=O)CCC(=O)N/N=C/CCCCCCCC. The smallest absolute Gasteiger partial charge is 0.240 e. The molecule has 0 saturated heterocycles. The summed E-state index contributed by atoms with van der Waals surface area (Å²) in [5, 5.41) is 7.84. The van der Waals surface area contributed by atoms with E-state index in [9.17, 15) is 9.59 Å². The monoisotopic (exact) mass is 394 g/mol. The first-order valence-electron chi connectivity index (χ1n) is 11.3. The van der Waals surface area contributed by atoms with Gasteiger partial charge in [-0.15, -0.1) is 0 Å². The molecule has 0 fully saturated rings. The summed E-state index contributed by atoms with van der Waals surface area (Å²) in [5.74, 6) is -0.490. The molecule has 6 heteroatoms. The molecule has 0 aromatic rings. The number of rotatable bonds is 19. The van der Waals surface area contributed by atoms with Gasteiger partial charge in [0.05, 0.1) is 0 Å². The molecule has 6 nitrogen and oxygen atoms in total. The molecule has 28 heavy (non-hydrogen) atoms. The van der Waals surface area contributed by atoms with Crippen LogP contribution in [0.5, 0.6) is 0 Å². The zero-order valence-corrected chi connectivity index (χ0v) is 18.2. The van der Waals surface area contributed by atoms with Crippen LogP contribution in [-0.2, 0) is 9.59 Å². The highest BCUT2D eigenvalue weighted by Gasteiger charge is 2.04. The Morgan fingerprint density at radius 2 is 0.964 bits per heavy atom. The van der Waals surface area contributed by atoms with Gasteiger partial charge < -0.3 is 0 Å². The Labute approximate surface area is 172 Å². The quantitative estimate of drug-likeness (QED) is 0.173. The van der Waals surface area contributed by atoms with Gasteiger partial charge in [0.2, 0.25) is 11.8 Å². The molecular weight excluding hydrogens is 352 g/mol. The fourth-order valence-electron chi connectivity index (χ4n) is 2.74. The van der Waals surface area contributed by atoms with Crippen molar-refractivity contribution in [1.29, 1.82) is 0 Å². The van der Waals surface area contributed by atoms with Gasteiger partial charge in [-0.05, 0) is 25.7 Å². The average Bonchev–Trinajstić information content (AvgIpc) is 2.69. The highest BCUT2D eigenvalue weighted by atomic mass is 16.2. The van der Waals surface area contributed by atoms with E-state index in [2.05, 4.69) is 34.9 Å². The van der Waals surface area contributed by atoms with E-state index in [1.54, 1.807) is 12.4 Å². The molecule has 0 rings (SSSR count). The van der Waals surface area contributed by atoms with E-state index in [0.29, 0.717) is 0 Å². The van der Waals surface area contributed by atoms with E-state index in [0.717, 1.165) is 25.7 Å². The molecule has 0 spiro atoms. The summed E-state index contributed by atoms with van der Waals surface area (Å²) in [4.78, 5) is 23.3. The van der Waals surface area contributed by atoms with Crippen LogP contribution in [0.2, 0.25) is 0 Å². The number of carbonyl (C=O) groups is 2. The molecule has 0 heterocycles. The minimum atomic E-state index is -0.245. The van der Waals surface area contributed by atoms with Crippen molar-refractivity contribution in [1.82, 2.24) is 10.9 Å². The first-order chi connectivity index (χ1) is 13.7. The Morgan fingerprint density at radius 1 is 0.607 bits per heavy atom. The summed E-state index contributed by atoms with van der Waals surface area (Å²) < 4.78 is 0. The van der Waals surface area contributed by atoms with E-state index < -0.39 is 0 Å². The summed E-state index contributed by atoms with van der Waals surface area (Å²) in [7, 11) is 0. The molecule has 0 aliphatic heterocycles. The summed E-state index contributed by atoms with van der Waals surface area (Å²) in [6.45, 7) is 4.42. The molecule has 0 aliphatic rings. The number of hydrazone groups is 2. The van der Waals surface area contributed by atoms with Crippen LogP contribution in [0.15, 0.2) is 10.2 Å². The zero-order chi connectivity index (χ0) is 20.7. The lowest BCUT2D eigenvalue weighted by molar-refractivity contribution is -0.126. The van der Waals surface area contributed by atoms with Crippen LogP contribution in [0.25, 0.3) is 0 Å². The lowest BCUT2D eigenvalue weighted by Gasteiger charge is -2.00.